The van der Waals surface area contributed by atoms with Gasteiger partial charge in [-0.25, -0.2) is 9.97 Å². The summed E-state index contributed by atoms with van der Waals surface area (Å²) >= 11 is 1.49. The highest BCUT2D eigenvalue weighted by Gasteiger charge is 2.18. The largest absolute Gasteiger partial charge is 0.293 e. The van der Waals surface area contributed by atoms with Crippen LogP contribution in [0.15, 0.2) is 59.6 Å². The summed E-state index contributed by atoms with van der Waals surface area (Å²) in [6.07, 6.45) is 0. The normalized spacial score (nSPS) is 12.3. The number of thioether (sulfide) groups is 1. The number of aryl methyl sites for hydroxylation is 1. The van der Waals surface area contributed by atoms with Crippen molar-refractivity contribution in [3.05, 3.63) is 66.0 Å². The average Bonchev–Trinajstić information content (AvgIpc) is 2.54. The predicted molar refractivity (Wildman–Crippen MR) is 90.4 cm³/mol. The van der Waals surface area contributed by atoms with Crippen LogP contribution in [0.5, 0.6) is 0 Å². The Kier molecular flexibility index (Phi) is 4.20. The zero-order chi connectivity index (χ0) is 15.5. The number of hydrogen-bond acceptors (Lipinski definition) is 4. The highest BCUT2D eigenvalue weighted by molar-refractivity contribution is 8.00. The lowest BCUT2D eigenvalue weighted by Gasteiger charge is -2.12. The Morgan fingerprint density at radius 2 is 1.68 bits per heavy atom. The minimum atomic E-state index is -0.194. The van der Waals surface area contributed by atoms with Crippen molar-refractivity contribution in [1.29, 1.82) is 0 Å². The lowest BCUT2D eigenvalue weighted by atomic mass is 10.1. The molecule has 0 N–H and O–H groups in total. The Hall–Kier alpha value is -2.20. The van der Waals surface area contributed by atoms with Gasteiger partial charge in [0.05, 0.1) is 10.8 Å². The summed E-state index contributed by atoms with van der Waals surface area (Å²) in [5.74, 6) is 0.839. The first kappa shape index (κ1) is 14.7. The summed E-state index contributed by atoms with van der Waals surface area (Å²) in [5, 5.41) is 1.66. The van der Waals surface area contributed by atoms with Crippen molar-refractivity contribution < 1.29 is 4.79 Å². The molecule has 0 aliphatic carbocycles. The van der Waals surface area contributed by atoms with Gasteiger partial charge in [-0.15, -0.1) is 0 Å². The van der Waals surface area contributed by atoms with E-state index in [0.717, 1.165) is 27.3 Å². The number of fused-ring (bicyclic) bond motifs is 1. The molecular formula is C18H16N2OS. The van der Waals surface area contributed by atoms with E-state index in [9.17, 15) is 4.79 Å². The molecule has 3 rings (SSSR count). The Morgan fingerprint density at radius 3 is 2.45 bits per heavy atom. The number of hydrogen-bond donors (Lipinski definition) is 0. The van der Waals surface area contributed by atoms with E-state index in [1.165, 1.54) is 11.8 Å². The Labute approximate surface area is 133 Å². The molecule has 0 fully saturated rings. The second kappa shape index (κ2) is 6.28. The van der Waals surface area contributed by atoms with Crippen molar-refractivity contribution >= 4 is 28.4 Å². The Bertz CT molecular complexity index is 818. The Balaban J connectivity index is 1.91. The lowest BCUT2D eigenvalue weighted by Crippen LogP contribution is -2.13. The van der Waals surface area contributed by atoms with E-state index in [4.69, 9.17) is 0 Å². The third-order valence-corrected chi connectivity index (χ3v) is 4.50. The number of rotatable bonds is 4. The average molecular weight is 308 g/mol. The van der Waals surface area contributed by atoms with Gasteiger partial charge in [0.2, 0.25) is 0 Å². The molecule has 2 aromatic carbocycles. The second-order valence-electron chi connectivity index (χ2n) is 5.08. The maximum Gasteiger partial charge on any atom is 0.175 e. The third kappa shape index (κ3) is 3.02. The summed E-state index contributed by atoms with van der Waals surface area (Å²) in [7, 11) is 0. The number of aromatic nitrogens is 2. The fraction of sp³-hybridized carbons (Fsp3) is 0.167. The summed E-state index contributed by atoms with van der Waals surface area (Å²) in [5.41, 5.74) is 1.65. The maximum atomic E-state index is 12.5. The molecule has 4 heteroatoms. The van der Waals surface area contributed by atoms with Gasteiger partial charge < -0.3 is 0 Å². The van der Waals surface area contributed by atoms with Gasteiger partial charge in [0.15, 0.2) is 5.78 Å². The van der Waals surface area contributed by atoms with Crippen molar-refractivity contribution in [3.8, 4) is 0 Å². The number of carbonyl (C=O) groups is 1. The molecular weight excluding hydrogens is 292 g/mol. The van der Waals surface area contributed by atoms with Gasteiger partial charge >= 0.3 is 0 Å². The van der Waals surface area contributed by atoms with Crippen molar-refractivity contribution in [2.75, 3.05) is 0 Å². The second-order valence-corrected chi connectivity index (χ2v) is 6.41. The van der Waals surface area contributed by atoms with E-state index >= 15 is 0 Å². The standard InChI is InChI=1S/C18H16N2OS/c1-12(17(21)14-8-4-3-5-9-14)22-18-15-10-6-7-11-16(15)19-13(2)20-18/h3-12H,1-2H3. The zero-order valence-corrected chi connectivity index (χ0v) is 13.3. The lowest BCUT2D eigenvalue weighted by molar-refractivity contribution is 0.0994. The van der Waals surface area contributed by atoms with Crippen LogP contribution in [0.4, 0.5) is 0 Å². The Morgan fingerprint density at radius 1 is 1.00 bits per heavy atom. The third-order valence-electron chi connectivity index (χ3n) is 3.40. The van der Waals surface area contributed by atoms with E-state index in [1.54, 1.807) is 0 Å². The molecule has 1 aromatic heterocycles. The van der Waals surface area contributed by atoms with Crippen LogP contribution >= 0.6 is 11.8 Å². The van der Waals surface area contributed by atoms with Crippen molar-refractivity contribution in [1.82, 2.24) is 9.97 Å². The van der Waals surface area contributed by atoms with Gasteiger partial charge in [-0.3, -0.25) is 4.79 Å². The molecule has 0 radical (unpaired) electrons. The quantitative estimate of drug-likeness (QED) is 0.409. The van der Waals surface area contributed by atoms with E-state index in [2.05, 4.69) is 9.97 Å². The molecule has 1 atom stereocenters. The minimum absolute atomic E-state index is 0.117. The van der Waals surface area contributed by atoms with Gasteiger partial charge in [-0.2, -0.15) is 0 Å². The first-order valence-corrected chi connectivity index (χ1v) is 8.02. The molecule has 1 unspecified atom stereocenters. The van der Waals surface area contributed by atoms with E-state index in [1.807, 2.05) is 68.4 Å². The summed E-state index contributed by atoms with van der Waals surface area (Å²) in [6.45, 7) is 3.80. The highest BCUT2D eigenvalue weighted by Crippen LogP contribution is 2.29. The number of carbonyl (C=O) groups excluding carboxylic acids is 1. The minimum Gasteiger partial charge on any atom is -0.293 e. The van der Waals surface area contributed by atoms with Gasteiger partial charge in [-0.1, -0.05) is 60.3 Å². The molecule has 0 aliphatic heterocycles. The number of nitrogens with zero attached hydrogens (tertiary/aromatic N) is 2. The first-order valence-electron chi connectivity index (χ1n) is 7.14. The zero-order valence-electron chi connectivity index (χ0n) is 12.5. The van der Waals surface area contributed by atoms with Crippen LogP contribution in [0.2, 0.25) is 0 Å². The van der Waals surface area contributed by atoms with Crippen LogP contribution in [-0.4, -0.2) is 21.0 Å². The predicted octanol–water partition coefficient (Wildman–Crippen LogP) is 4.30. The van der Waals surface area contributed by atoms with Crippen LogP contribution in [0, 0.1) is 6.92 Å². The molecule has 110 valence electrons. The van der Waals surface area contributed by atoms with Crippen LogP contribution in [0.1, 0.15) is 23.1 Å². The van der Waals surface area contributed by atoms with Crippen molar-refractivity contribution in [2.45, 2.75) is 24.1 Å². The van der Waals surface area contributed by atoms with Gasteiger partial charge in [0.25, 0.3) is 0 Å². The molecule has 0 saturated carbocycles. The van der Waals surface area contributed by atoms with Crippen LogP contribution in [0.25, 0.3) is 10.9 Å². The van der Waals surface area contributed by atoms with Gasteiger partial charge in [0, 0.05) is 10.9 Å². The van der Waals surface area contributed by atoms with E-state index in [-0.39, 0.29) is 11.0 Å². The number of benzene rings is 2. The van der Waals surface area contributed by atoms with Crippen LogP contribution in [-0.2, 0) is 0 Å². The molecule has 0 amide bonds. The van der Waals surface area contributed by atoms with Crippen molar-refractivity contribution in [2.24, 2.45) is 0 Å². The van der Waals surface area contributed by atoms with E-state index < -0.39 is 0 Å². The highest BCUT2D eigenvalue weighted by atomic mass is 32.2. The monoisotopic (exact) mass is 308 g/mol. The smallest absolute Gasteiger partial charge is 0.175 e. The number of para-hydroxylation sites is 1. The molecule has 0 aliphatic rings. The van der Waals surface area contributed by atoms with Gasteiger partial charge in [-0.05, 0) is 19.9 Å². The molecule has 1 heterocycles. The van der Waals surface area contributed by atoms with Crippen molar-refractivity contribution in [3.63, 3.8) is 0 Å². The fourth-order valence-electron chi connectivity index (χ4n) is 2.31. The number of Topliss-reactive ketones (excluding diaryl/α,β-unsaturated/α-hetero) is 1. The SMILES string of the molecule is Cc1nc(SC(C)C(=O)c2ccccc2)c2ccccc2n1. The number of ketones is 1. The first-order chi connectivity index (χ1) is 10.6. The molecule has 0 bridgehead atoms. The summed E-state index contributed by atoms with van der Waals surface area (Å²) in [6, 6.07) is 17.3. The van der Waals surface area contributed by atoms with Crippen LogP contribution < -0.4 is 0 Å². The van der Waals surface area contributed by atoms with E-state index in [0.29, 0.717) is 0 Å². The molecule has 22 heavy (non-hydrogen) atoms. The summed E-state index contributed by atoms with van der Waals surface area (Å²) in [4.78, 5) is 21.5. The summed E-state index contributed by atoms with van der Waals surface area (Å²) < 4.78 is 0. The maximum absolute atomic E-state index is 12.5. The molecule has 3 aromatic rings. The fourth-order valence-corrected chi connectivity index (χ4v) is 3.37. The molecule has 0 saturated heterocycles. The molecule has 0 spiro atoms. The van der Waals surface area contributed by atoms with Crippen LogP contribution in [0.3, 0.4) is 0 Å². The molecule has 3 nitrogen and oxygen atoms in total. The topological polar surface area (TPSA) is 42.9 Å². The van der Waals surface area contributed by atoms with Gasteiger partial charge in [0.1, 0.15) is 10.9 Å².